The molecule has 0 aromatic carbocycles. The molecular formula is C12H17N5O. The second-order valence-electron chi connectivity index (χ2n) is 4.20. The van der Waals surface area contributed by atoms with Crippen LogP contribution in [0.3, 0.4) is 0 Å². The molecule has 0 amide bonds. The smallest absolute Gasteiger partial charge is 0.252 e. The fraction of sp³-hybridized carbons (Fsp3) is 0.417. The van der Waals surface area contributed by atoms with Crippen molar-refractivity contribution in [1.29, 1.82) is 0 Å². The van der Waals surface area contributed by atoms with Gasteiger partial charge in [-0.1, -0.05) is 6.92 Å². The van der Waals surface area contributed by atoms with Crippen molar-refractivity contribution in [3.63, 3.8) is 0 Å². The predicted octanol–water partition coefficient (Wildman–Crippen LogP) is 0.986. The van der Waals surface area contributed by atoms with Crippen molar-refractivity contribution in [2.24, 2.45) is 7.05 Å². The zero-order valence-corrected chi connectivity index (χ0v) is 10.8. The molecule has 0 atom stereocenters. The summed E-state index contributed by atoms with van der Waals surface area (Å²) in [6.07, 6.45) is 2.66. The van der Waals surface area contributed by atoms with Gasteiger partial charge in [0.25, 0.3) is 5.56 Å². The quantitative estimate of drug-likeness (QED) is 0.844. The fourth-order valence-electron chi connectivity index (χ4n) is 1.77. The first-order valence-electron chi connectivity index (χ1n) is 5.91. The number of aromatic amines is 1. The van der Waals surface area contributed by atoms with Gasteiger partial charge in [-0.2, -0.15) is 5.10 Å². The summed E-state index contributed by atoms with van der Waals surface area (Å²) in [5.41, 5.74) is 1.94. The topological polar surface area (TPSA) is 75.6 Å². The normalized spacial score (nSPS) is 10.6. The molecule has 0 saturated heterocycles. The number of anilines is 1. The number of hydrogen-bond donors (Lipinski definition) is 2. The van der Waals surface area contributed by atoms with Crippen LogP contribution in [-0.2, 0) is 20.0 Å². The van der Waals surface area contributed by atoms with Crippen molar-refractivity contribution in [2.45, 2.75) is 26.8 Å². The van der Waals surface area contributed by atoms with Gasteiger partial charge in [-0.15, -0.1) is 0 Å². The molecular weight excluding hydrogens is 230 g/mol. The van der Waals surface area contributed by atoms with Crippen molar-refractivity contribution < 1.29 is 0 Å². The fourth-order valence-corrected chi connectivity index (χ4v) is 1.77. The maximum absolute atomic E-state index is 11.4. The van der Waals surface area contributed by atoms with E-state index in [0.717, 1.165) is 11.3 Å². The van der Waals surface area contributed by atoms with Crippen LogP contribution < -0.4 is 10.9 Å². The first-order valence-corrected chi connectivity index (χ1v) is 5.91. The molecule has 0 unspecified atom stereocenters. The highest BCUT2D eigenvalue weighted by Crippen LogP contribution is 2.07. The Bertz CT molecular complexity index is 599. The highest BCUT2D eigenvalue weighted by Gasteiger charge is 2.04. The zero-order valence-electron chi connectivity index (χ0n) is 10.8. The van der Waals surface area contributed by atoms with E-state index in [2.05, 4.69) is 20.4 Å². The van der Waals surface area contributed by atoms with E-state index in [1.165, 1.54) is 6.07 Å². The second-order valence-corrected chi connectivity index (χ2v) is 4.20. The maximum Gasteiger partial charge on any atom is 0.252 e. The summed E-state index contributed by atoms with van der Waals surface area (Å²) in [7, 11) is 1.89. The van der Waals surface area contributed by atoms with Crippen LogP contribution in [0.25, 0.3) is 0 Å². The van der Waals surface area contributed by atoms with Crippen molar-refractivity contribution in [2.75, 3.05) is 5.32 Å². The van der Waals surface area contributed by atoms with Crippen molar-refractivity contribution in [3.05, 3.63) is 39.7 Å². The number of nitrogens with zero attached hydrogens (tertiary/aromatic N) is 3. The molecule has 0 radical (unpaired) electrons. The lowest BCUT2D eigenvalue weighted by Gasteiger charge is -2.05. The van der Waals surface area contributed by atoms with Gasteiger partial charge in [-0.25, -0.2) is 4.98 Å². The SMILES string of the molecule is CCc1nc(NCc2cn(C)nc2C)cc(=O)[nH]1. The van der Waals surface area contributed by atoms with E-state index in [1.54, 1.807) is 4.68 Å². The average molecular weight is 247 g/mol. The van der Waals surface area contributed by atoms with Crippen LogP contribution in [0, 0.1) is 6.92 Å². The van der Waals surface area contributed by atoms with Crippen LogP contribution in [0.1, 0.15) is 24.0 Å². The van der Waals surface area contributed by atoms with Crippen LogP contribution in [-0.4, -0.2) is 19.7 Å². The van der Waals surface area contributed by atoms with E-state index >= 15 is 0 Å². The number of H-pyrrole nitrogens is 1. The van der Waals surface area contributed by atoms with Crippen LogP contribution in [0.5, 0.6) is 0 Å². The van der Waals surface area contributed by atoms with E-state index in [0.29, 0.717) is 24.6 Å². The second kappa shape index (κ2) is 5.03. The molecule has 6 nitrogen and oxygen atoms in total. The molecule has 0 aliphatic heterocycles. The Hall–Kier alpha value is -2.11. The third kappa shape index (κ3) is 2.77. The minimum Gasteiger partial charge on any atom is -0.366 e. The van der Waals surface area contributed by atoms with Crippen molar-refractivity contribution >= 4 is 5.82 Å². The van der Waals surface area contributed by atoms with Gasteiger partial charge in [0.05, 0.1) is 5.69 Å². The molecule has 0 bridgehead atoms. The summed E-state index contributed by atoms with van der Waals surface area (Å²) in [5.74, 6) is 1.28. The third-order valence-electron chi connectivity index (χ3n) is 2.70. The van der Waals surface area contributed by atoms with E-state index in [-0.39, 0.29) is 5.56 Å². The van der Waals surface area contributed by atoms with Crippen LogP contribution in [0.4, 0.5) is 5.82 Å². The van der Waals surface area contributed by atoms with E-state index in [1.807, 2.05) is 27.1 Å². The van der Waals surface area contributed by atoms with E-state index in [9.17, 15) is 4.79 Å². The van der Waals surface area contributed by atoms with Gasteiger partial charge in [0.1, 0.15) is 11.6 Å². The number of rotatable bonds is 4. The summed E-state index contributed by atoms with van der Waals surface area (Å²) in [6, 6.07) is 1.46. The third-order valence-corrected chi connectivity index (χ3v) is 2.70. The van der Waals surface area contributed by atoms with Gasteiger partial charge in [0, 0.05) is 37.8 Å². The molecule has 2 rings (SSSR count). The highest BCUT2D eigenvalue weighted by molar-refractivity contribution is 5.34. The first kappa shape index (κ1) is 12.3. The summed E-state index contributed by atoms with van der Waals surface area (Å²) in [6.45, 7) is 4.52. The molecule has 2 aromatic rings. The molecule has 18 heavy (non-hydrogen) atoms. The summed E-state index contributed by atoms with van der Waals surface area (Å²) in [5, 5.41) is 7.41. The molecule has 6 heteroatoms. The van der Waals surface area contributed by atoms with Gasteiger partial charge in [0.15, 0.2) is 0 Å². The van der Waals surface area contributed by atoms with Gasteiger partial charge >= 0.3 is 0 Å². The Morgan fingerprint density at radius 2 is 2.28 bits per heavy atom. The molecule has 0 aliphatic carbocycles. The zero-order chi connectivity index (χ0) is 13.1. The molecule has 0 saturated carbocycles. The Labute approximate surface area is 105 Å². The standard InChI is InChI=1S/C12H17N5O/c1-4-10-14-11(5-12(18)15-10)13-6-9-7-17(3)16-8(9)2/h5,7H,4,6H2,1-3H3,(H2,13,14,15,18). The van der Waals surface area contributed by atoms with Crippen LogP contribution >= 0.6 is 0 Å². The minimum atomic E-state index is -0.132. The van der Waals surface area contributed by atoms with Crippen LogP contribution in [0.15, 0.2) is 17.1 Å². The van der Waals surface area contributed by atoms with E-state index in [4.69, 9.17) is 0 Å². The van der Waals surface area contributed by atoms with Crippen LogP contribution in [0.2, 0.25) is 0 Å². The van der Waals surface area contributed by atoms with Crippen molar-refractivity contribution in [1.82, 2.24) is 19.7 Å². The number of nitrogens with one attached hydrogen (secondary N) is 2. The van der Waals surface area contributed by atoms with Gasteiger partial charge in [-0.05, 0) is 6.92 Å². The minimum absolute atomic E-state index is 0.132. The van der Waals surface area contributed by atoms with Gasteiger partial charge < -0.3 is 10.3 Å². The lowest BCUT2D eigenvalue weighted by Crippen LogP contribution is -2.13. The molecule has 96 valence electrons. The van der Waals surface area contributed by atoms with Gasteiger partial charge in [0.2, 0.25) is 0 Å². The Kier molecular flexibility index (Phi) is 3.45. The Morgan fingerprint density at radius 1 is 1.50 bits per heavy atom. The Morgan fingerprint density at radius 3 is 2.89 bits per heavy atom. The van der Waals surface area contributed by atoms with E-state index < -0.39 is 0 Å². The molecule has 2 aromatic heterocycles. The van der Waals surface area contributed by atoms with Gasteiger partial charge in [-0.3, -0.25) is 9.48 Å². The number of aryl methyl sites for hydroxylation is 3. The number of aromatic nitrogens is 4. The summed E-state index contributed by atoms with van der Waals surface area (Å²) in [4.78, 5) is 18.4. The molecule has 0 aliphatic rings. The maximum atomic E-state index is 11.4. The molecule has 0 spiro atoms. The molecule has 2 N–H and O–H groups in total. The molecule has 0 fully saturated rings. The number of hydrogen-bond acceptors (Lipinski definition) is 4. The average Bonchev–Trinajstić information content (AvgIpc) is 2.64. The first-order chi connectivity index (χ1) is 8.58. The monoisotopic (exact) mass is 247 g/mol. The summed E-state index contributed by atoms with van der Waals surface area (Å²) < 4.78 is 1.77. The lowest BCUT2D eigenvalue weighted by molar-refractivity contribution is 0.756. The predicted molar refractivity (Wildman–Crippen MR) is 69.5 cm³/mol. The highest BCUT2D eigenvalue weighted by atomic mass is 16.1. The largest absolute Gasteiger partial charge is 0.366 e. The Balaban J connectivity index is 2.13. The molecule has 2 heterocycles. The van der Waals surface area contributed by atoms with Crippen molar-refractivity contribution in [3.8, 4) is 0 Å². The summed E-state index contributed by atoms with van der Waals surface area (Å²) >= 11 is 0. The lowest BCUT2D eigenvalue weighted by atomic mass is 10.2.